The Morgan fingerprint density at radius 1 is 0.681 bits per heavy atom. The maximum atomic E-state index is 6.55. The lowest BCUT2D eigenvalue weighted by atomic mass is 9.83. The predicted octanol–water partition coefficient (Wildman–Crippen LogP) is 19.2. The van der Waals surface area contributed by atoms with E-state index in [4.69, 9.17) is 14.4 Å². The Morgan fingerprint density at radius 2 is 1.33 bits per heavy atom. The quantitative estimate of drug-likeness (QED) is 0.0463. The largest absolute Gasteiger partial charge is 0.456 e. The third kappa shape index (κ3) is 9.68. The summed E-state index contributed by atoms with van der Waals surface area (Å²) in [4.78, 5) is 11.2. The first-order valence-electron chi connectivity index (χ1n) is 25.4. The van der Waals surface area contributed by atoms with Gasteiger partial charge in [-0.25, -0.2) is 9.98 Å². The van der Waals surface area contributed by atoms with E-state index in [1.807, 2.05) is 42.5 Å². The average molecular weight is 937 g/mol. The highest BCUT2D eigenvalue weighted by Gasteiger charge is 2.24. The molecule has 1 aromatic heterocycles. The van der Waals surface area contributed by atoms with Crippen LogP contribution < -0.4 is 0 Å². The Kier molecular flexibility index (Phi) is 14.8. The Labute approximate surface area is 426 Å². The number of fused-ring (bicyclic) bond motifs is 9. The summed E-state index contributed by atoms with van der Waals surface area (Å²) in [6.07, 6.45) is 27.3. The van der Waals surface area contributed by atoms with Crippen molar-refractivity contribution in [3.63, 3.8) is 0 Å². The molecule has 0 spiro atoms. The van der Waals surface area contributed by atoms with Gasteiger partial charge < -0.3 is 4.42 Å². The highest BCUT2D eigenvalue weighted by Crippen LogP contribution is 2.42. The minimum Gasteiger partial charge on any atom is -0.456 e. The topological polar surface area (TPSA) is 37.9 Å². The number of hydrogen-bond acceptors (Lipinski definition) is 2. The van der Waals surface area contributed by atoms with Gasteiger partial charge in [0.2, 0.25) is 0 Å². The fourth-order valence-corrected chi connectivity index (χ4v) is 10.3. The minimum atomic E-state index is -0.0110. The van der Waals surface area contributed by atoms with Crippen molar-refractivity contribution >= 4 is 72.2 Å². The van der Waals surface area contributed by atoms with E-state index in [0.29, 0.717) is 17.5 Å². The number of amidine groups is 1. The van der Waals surface area contributed by atoms with Gasteiger partial charge in [-0.1, -0.05) is 217 Å². The second-order valence-electron chi connectivity index (χ2n) is 18.9. The summed E-state index contributed by atoms with van der Waals surface area (Å²) in [5, 5.41) is 8.29. The monoisotopic (exact) mass is 937 g/mol. The number of aliphatic imine (C=N–C) groups is 2. The average Bonchev–Trinajstić information content (AvgIpc) is 3.61. The number of furan rings is 1. The van der Waals surface area contributed by atoms with E-state index < -0.39 is 0 Å². The molecule has 0 amide bonds. The van der Waals surface area contributed by atoms with Gasteiger partial charge in [0.25, 0.3) is 0 Å². The van der Waals surface area contributed by atoms with Crippen molar-refractivity contribution in [1.29, 1.82) is 0 Å². The van der Waals surface area contributed by atoms with Crippen LogP contribution in [0.15, 0.2) is 233 Å². The van der Waals surface area contributed by atoms with Crippen molar-refractivity contribution < 1.29 is 4.42 Å². The number of nitrogens with zero attached hydrogens (tertiary/aromatic N) is 2. The molecule has 0 saturated heterocycles. The standard InChI is InChI=1S/C69H64N2O/c1-10-28-52(46(7)11-2)49(12-3)29-20-21-30-50(13-4)53-38-26-39-54(47(53)8)61-43-62-57-35-24-22-33-55(57)56-34-23-25-36-58(56)63(62)44-64(61)68(45(5)6)71-69(70-48(9)51-31-16-14-17-32-51)60-40-27-42-66-67(60)59-37-18-15-19-41-65(59)72-66/h10,12-36,38-46H,1,9,11,37H2,2-8H3/b29-20+,30-21-,49-12-,50-13-,52-28-,70-69?,71-68?. The molecule has 72 heavy (non-hydrogen) atoms. The molecule has 1 aliphatic carbocycles. The Balaban J connectivity index is 1.28. The van der Waals surface area contributed by atoms with Gasteiger partial charge in [-0.05, 0) is 147 Å². The lowest BCUT2D eigenvalue weighted by Gasteiger charge is -2.21. The van der Waals surface area contributed by atoms with Gasteiger partial charge in [0, 0.05) is 22.1 Å². The summed E-state index contributed by atoms with van der Waals surface area (Å²) in [5.74, 6) is 1.86. The van der Waals surface area contributed by atoms with Crippen LogP contribution in [0.3, 0.4) is 0 Å². The van der Waals surface area contributed by atoms with Crippen LogP contribution in [0.2, 0.25) is 0 Å². The van der Waals surface area contributed by atoms with Crippen LogP contribution in [0.5, 0.6) is 0 Å². The first-order valence-corrected chi connectivity index (χ1v) is 25.4. The van der Waals surface area contributed by atoms with Crippen LogP contribution in [-0.2, 0) is 6.42 Å². The van der Waals surface area contributed by atoms with Gasteiger partial charge in [-0.2, -0.15) is 0 Å². The molecule has 0 radical (unpaired) electrons. The molecule has 7 aromatic carbocycles. The Bertz CT molecular complexity index is 3680. The highest BCUT2D eigenvalue weighted by atomic mass is 16.3. The van der Waals surface area contributed by atoms with Crippen LogP contribution in [0.4, 0.5) is 0 Å². The van der Waals surface area contributed by atoms with Gasteiger partial charge in [0.05, 0.1) is 11.4 Å². The molecule has 3 heteroatoms. The fourth-order valence-electron chi connectivity index (χ4n) is 10.3. The van der Waals surface area contributed by atoms with Crippen molar-refractivity contribution in [2.45, 2.75) is 61.3 Å². The third-order valence-corrected chi connectivity index (χ3v) is 14.2. The van der Waals surface area contributed by atoms with Crippen LogP contribution in [-0.4, -0.2) is 11.5 Å². The van der Waals surface area contributed by atoms with Gasteiger partial charge >= 0.3 is 0 Å². The summed E-state index contributed by atoms with van der Waals surface area (Å²) in [5.41, 5.74) is 14.7. The molecule has 1 unspecified atom stereocenters. The fraction of sp³-hybridized carbons (Fsp3) is 0.159. The summed E-state index contributed by atoms with van der Waals surface area (Å²) in [6.45, 7) is 24.0. The molecule has 0 bridgehead atoms. The van der Waals surface area contributed by atoms with E-state index in [-0.39, 0.29) is 5.92 Å². The van der Waals surface area contributed by atoms with Gasteiger partial charge in [-0.15, -0.1) is 0 Å². The summed E-state index contributed by atoms with van der Waals surface area (Å²) in [6, 6.07) is 45.6. The molecule has 3 nitrogen and oxygen atoms in total. The number of rotatable bonds is 14. The Hall–Kier alpha value is -8.14. The summed E-state index contributed by atoms with van der Waals surface area (Å²) >= 11 is 0. The van der Waals surface area contributed by atoms with E-state index >= 15 is 0 Å². The van der Waals surface area contributed by atoms with Crippen molar-refractivity contribution in [2.75, 3.05) is 0 Å². The predicted molar refractivity (Wildman–Crippen MR) is 314 cm³/mol. The molecular formula is C69H64N2O. The van der Waals surface area contributed by atoms with E-state index in [0.717, 1.165) is 74.2 Å². The highest BCUT2D eigenvalue weighted by molar-refractivity contribution is 6.28. The van der Waals surface area contributed by atoms with Crippen LogP contribution in [0.25, 0.3) is 71.8 Å². The molecule has 0 N–H and O–H groups in total. The van der Waals surface area contributed by atoms with Crippen molar-refractivity contribution in [3.05, 3.63) is 258 Å². The zero-order chi connectivity index (χ0) is 50.3. The molecule has 9 rings (SSSR count). The maximum Gasteiger partial charge on any atom is 0.160 e. The van der Waals surface area contributed by atoms with Gasteiger partial charge in [0.1, 0.15) is 11.3 Å². The normalized spacial score (nSPS) is 14.4. The second kappa shape index (κ2) is 21.9. The number of hydrogen-bond donors (Lipinski definition) is 0. The molecule has 1 heterocycles. The minimum absolute atomic E-state index is 0.0110. The first kappa shape index (κ1) is 48.9. The lowest BCUT2D eigenvalue weighted by molar-refractivity contribution is 0.600. The van der Waals surface area contributed by atoms with E-state index in [9.17, 15) is 0 Å². The maximum absolute atomic E-state index is 6.55. The van der Waals surface area contributed by atoms with Crippen LogP contribution in [0.1, 0.15) is 87.1 Å². The smallest absolute Gasteiger partial charge is 0.160 e. The Morgan fingerprint density at radius 3 is 2.00 bits per heavy atom. The number of benzene rings is 7. The molecule has 0 fully saturated rings. The molecule has 1 aliphatic rings. The SMILES string of the molecule is C=C\C=C(C(=C\C)/C=C/C=C\C(=C\C)c1cccc(-c2cc3c4ccccc4c4ccccc4c3cc2C(=NC(=NC(=C)c2ccccc2)c2cccc3oc4c(c23)CC=CC=C4)C(C)C)c1C)\C(C)CC. The molecule has 1 atom stereocenters. The van der Waals surface area contributed by atoms with Crippen LogP contribution in [0, 0.1) is 18.8 Å². The molecule has 8 aromatic rings. The van der Waals surface area contributed by atoms with E-state index in [1.54, 1.807) is 0 Å². The molecule has 0 aliphatic heterocycles. The van der Waals surface area contributed by atoms with E-state index in [1.165, 1.54) is 54.6 Å². The lowest BCUT2D eigenvalue weighted by Crippen LogP contribution is -2.15. The zero-order valence-electron chi connectivity index (χ0n) is 42.8. The molecule has 356 valence electrons. The van der Waals surface area contributed by atoms with Gasteiger partial charge in [0.15, 0.2) is 5.84 Å². The molecule has 0 saturated carbocycles. The van der Waals surface area contributed by atoms with Crippen molar-refractivity contribution in [2.24, 2.45) is 21.8 Å². The number of allylic oxidation sites excluding steroid dienone is 14. The first-order chi connectivity index (χ1) is 35.1. The second-order valence-corrected chi connectivity index (χ2v) is 18.9. The third-order valence-electron chi connectivity index (χ3n) is 14.2. The van der Waals surface area contributed by atoms with E-state index in [2.05, 4.69) is 219 Å². The van der Waals surface area contributed by atoms with Crippen molar-refractivity contribution in [1.82, 2.24) is 0 Å². The zero-order valence-corrected chi connectivity index (χ0v) is 42.8. The molecular weight excluding hydrogens is 873 g/mol. The summed E-state index contributed by atoms with van der Waals surface area (Å²) in [7, 11) is 0. The van der Waals surface area contributed by atoms with Gasteiger partial charge in [-0.3, -0.25) is 0 Å². The van der Waals surface area contributed by atoms with Crippen LogP contribution >= 0.6 is 0 Å². The summed E-state index contributed by atoms with van der Waals surface area (Å²) < 4.78 is 6.55. The van der Waals surface area contributed by atoms with Crippen molar-refractivity contribution in [3.8, 4) is 11.1 Å².